The molecule has 0 aromatic heterocycles. The molecule has 0 unspecified atom stereocenters. The third kappa shape index (κ3) is 5.83. The van der Waals surface area contributed by atoms with Crippen molar-refractivity contribution >= 4 is 34.0 Å². The number of benzene rings is 1. The first-order chi connectivity index (χ1) is 9.52. The summed E-state index contributed by atoms with van der Waals surface area (Å²) in [4.78, 5) is 22.0. The first kappa shape index (κ1) is 16.2. The minimum atomic E-state index is -0.444. The summed E-state index contributed by atoms with van der Waals surface area (Å²) in [6, 6.07) is 5.22. The molecule has 0 saturated heterocycles. The van der Waals surface area contributed by atoms with Gasteiger partial charge in [0.2, 0.25) is 5.91 Å². The molecule has 1 N–H and O–H groups in total. The Kier molecular flexibility index (Phi) is 6.72. The predicted molar refractivity (Wildman–Crippen MR) is 77.7 cm³/mol. The normalized spacial score (nSPS) is 10.3. The molecular formula is C13H15BrN2O4. The molecule has 0 heterocycles. The Hall–Kier alpha value is -1.89. The van der Waals surface area contributed by atoms with Gasteiger partial charge in [0.25, 0.3) is 0 Å². The van der Waals surface area contributed by atoms with E-state index in [1.807, 2.05) is 0 Å². The molecule has 1 amide bonds. The Morgan fingerprint density at radius 1 is 1.45 bits per heavy atom. The number of nitrogens with one attached hydrogen (secondary N) is 1. The van der Waals surface area contributed by atoms with Crippen molar-refractivity contribution < 1.29 is 19.1 Å². The third-order valence-electron chi connectivity index (χ3n) is 2.05. The quantitative estimate of drug-likeness (QED) is 0.486. The van der Waals surface area contributed by atoms with Gasteiger partial charge in [0, 0.05) is 17.0 Å². The molecule has 0 bridgehead atoms. The third-order valence-corrected chi connectivity index (χ3v) is 2.54. The average Bonchev–Trinajstić information content (AvgIpc) is 2.37. The van der Waals surface area contributed by atoms with Gasteiger partial charge in [-0.05, 0) is 25.1 Å². The van der Waals surface area contributed by atoms with Gasteiger partial charge >= 0.3 is 5.97 Å². The molecule has 0 radical (unpaired) electrons. The van der Waals surface area contributed by atoms with Crippen LogP contribution in [0.3, 0.4) is 0 Å². The van der Waals surface area contributed by atoms with E-state index in [1.54, 1.807) is 25.1 Å². The van der Waals surface area contributed by atoms with Crippen molar-refractivity contribution in [2.45, 2.75) is 13.8 Å². The highest BCUT2D eigenvalue weighted by molar-refractivity contribution is 9.10. The zero-order valence-electron chi connectivity index (χ0n) is 11.2. The van der Waals surface area contributed by atoms with E-state index in [2.05, 4.69) is 26.5 Å². The van der Waals surface area contributed by atoms with Gasteiger partial charge in [0.05, 0.1) is 12.8 Å². The highest BCUT2D eigenvalue weighted by atomic mass is 79.9. The molecule has 0 aliphatic carbocycles. The van der Waals surface area contributed by atoms with Gasteiger partial charge in [0.1, 0.15) is 5.75 Å². The topological polar surface area (TPSA) is 77.0 Å². The standard InChI is InChI=1S/C13H15BrN2O4/c1-3-19-13(18)8-20-12-5-4-11(14)6-10(12)7-15-16-9(2)17/h4-7H,3,8H2,1-2H3,(H,16,17)/b15-7-. The first-order valence-corrected chi connectivity index (χ1v) is 6.70. The Labute approximate surface area is 125 Å². The van der Waals surface area contributed by atoms with Crippen LogP contribution in [0.2, 0.25) is 0 Å². The van der Waals surface area contributed by atoms with E-state index in [1.165, 1.54) is 13.1 Å². The lowest BCUT2D eigenvalue weighted by Gasteiger charge is -2.08. The summed E-state index contributed by atoms with van der Waals surface area (Å²) in [5.41, 5.74) is 2.92. The van der Waals surface area contributed by atoms with E-state index < -0.39 is 5.97 Å². The number of rotatable bonds is 6. The molecule has 7 heteroatoms. The SMILES string of the molecule is CCOC(=O)COc1ccc(Br)cc1/C=N\NC(C)=O. The van der Waals surface area contributed by atoms with Crippen molar-refractivity contribution in [3.8, 4) is 5.75 Å². The van der Waals surface area contributed by atoms with Crippen LogP contribution in [0.25, 0.3) is 0 Å². The summed E-state index contributed by atoms with van der Waals surface area (Å²) in [6.07, 6.45) is 1.44. The number of halogens is 1. The van der Waals surface area contributed by atoms with Gasteiger partial charge < -0.3 is 9.47 Å². The lowest BCUT2D eigenvalue weighted by molar-refractivity contribution is -0.145. The lowest BCUT2D eigenvalue weighted by atomic mass is 10.2. The molecule has 6 nitrogen and oxygen atoms in total. The molecule has 0 spiro atoms. The number of carbonyl (C=O) groups is 2. The Balaban J connectivity index is 2.76. The highest BCUT2D eigenvalue weighted by Gasteiger charge is 2.07. The molecule has 0 aliphatic rings. The van der Waals surface area contributed by atoms with E-state index >= 15 is 0 Å². The molecule has 0 atom stereocenters. The van der Waals surface area contributed by atoms with Crippen molar-refractivity contribution in [3.63, 3.8) is 0 Å². The van der Waals surface area contributed by atoms with Crippen LogP contribution in [0.5, 0.6) is 5.75 Å². The number of hydrogen-bond donors (Lipinski definition) is 1. The summed E-state index contributed by atoms with van der Waals surface area (Å²) in [6.45, 7) is 3.20. The minimum absolute atomic E-state index is 0.184. The molecule has 20 heavy (non-hydrogen) atoms. The lowest BCUT2D eigenvalue weighted by Crippen LogP contribution is -2.15. The van der Waals surface area contributed by atoms with Crippen LogP contribution in [0.1, 0.15) is 19.4 Å². The van der Waals surface area contributed by atoms with Gasteiger partial charge in [-0.25, -0.2) is 10.2 Å². The number of carbonyl (C=O) groups excluding carboxylic acids is 2. The van der Waals surface area contributed by atoms with E-state index in [0.717, 1.165) is 4.47 Å². The molecule has 1 rings (SSSR count). The monoisotopic (exact) mass is 342 g/mol. The highest BCUT2D eigenvalue weighted by Crippen LogP contribution is 2.21. The van der Waals surface area contributed by atoms with Crippen LogP contribution in [0.4, 0.5) is 0 Å². The van der Waals surface area contributed by atoms with E-state index in [9.17, 15) is 9.59 Å². The second-order valence-corrected chi connectivity index (χ2v) is 4.62. The fourth-order valence-electron chi connectivity index (χ4n) is 1.28. The number of nitrogens with zero attached hydrogens (tertiary/aromatic N) is 1. The first-order valence-electron chi connectivity index (χ1n) is 5.90. The van der Waals surface area contributed by atoms with Gasteiger partial charge in [0.15, 0.2) is 6.61 Å². The van der Waals surface area contributed by atoms with Gasteiger partial charge in [-0.15, -0.1) is 0 Å². The van der Waals surface area contributed by atoms with Gasteiger partial charge in [-0.1, -0.05) is 15.9 Å². The maximum atomic E-state index is 11.3. The Morgan fingerprint density at radius 3 is 2.85 bits per heavy atom. The van der Waals surface area contributed by atoms with Crippen LogP contribution >= 0.6 is 15.9 Å². The number of esters is 1. The number of hydrogen-bond acceptors (Lipinski definition) is 5. The van der Waals surface area contributed by atoms with Crippen molar-refractivity contribution in [1.29, 1.82) is 0 Å². The van der Waals surface area contributed by atoms with Crippen molar-refractivity contribution in [3.05, 3.63) is 28.2 Å². The number of ether oxygens (including phenoxy) is 2. The molecule has 108 valence electrons. The fraction of sp³-hybridized carbons (Fsp3) is 0.308. The molecule has 0 fully saturated rings. The largest absolute Gasteiger partial charge is 0.481 e. The summed E-state index contributed by atoms with van der Waals surface area (Å²) in [5, 5.41) is 3.76. The maximum absolute atomic E-state index is 11.3. The van der Waals surface area contributed by atoms with Crippen LogP contribution in [-0.2, 0) is 14.3 Å². The molecular weight excluding hydrogens is 328 g/mol. The molecule has 1 aromatic rings. The second-order valence-electron chi connectivity index (χ2n) is 3.70. The van der Waals surface area contributed by atoms with E-state index in [4.69, 9.17) is 9.47 Å². The average molecular weight is 343 g/mol. The van der Waals surface area contributed by atoms with Crippen molar-refractivity contribution in [2.24, 2.45) is 5.10 Å². The summed E-state index contributed by atoms with van der Waals surface area (Å²) in [7, 11) is 0. The smallest absolute Gasteiger partial charge is 0.344 e. The summed E-state index contributed by atoms with van der Waals surface area (Å²) < 4.78 is 11.0. The van der Waals surface area contributed by atoms with Crippen LogP contribution < -0.4 is 10.2 Å². The van der Waals surface area contributed by atoms with Gasteiger partial charge in [-0.3, -0.25) is 4.79 Å². The molecule has 0 saturated carbocycles. The van der Waals surface area contributed by atoms with E-state index in [0.29, 0.717) is 17.9 Å². The van der Waals surface area contributed by atoms with Crippen molar-refractivity contribution in [2.75, 3.05) is 13.2 Å². The maximum Gasteiger partial charge on any atom is 0.344 e. The zero-order chi connectivity index (χ0) is 15.0. The van der Waals surface area contributed by atoms with Crippen LogP contribution in [0.15, 0.2) is 27.8 Å². The van der Waals surface area contributed by atoms with Crippen molar-refractivity contribution in [1.82, 2.24) is 5.43 Å². The minimum Gasteiger partial charge on any atom is -0.481 e. The second kappa shape index (κ2) is 8.31. The van der Waals surface area contributed by atoms with Gasteiger partial charge in [-0.2, -0.15) is 5.10 Å². The molecule has 0 aliphatic heterocycles. The number of amides is 1. The Morgan fingerprint density at radius 2 is 2.20 bits per heavy atom. The Bertz CT molecular complexity index is 517. The van der Waals surface area contributed by atoms with E-state index in [-0.39, 0.29) is 12.5 Å². The zero-order valence-corrected chi connectivity index (χ0v) is 12.8. The number of hydrazone groups is 1. The fourth-order valence-corrected chi connectivity index (χ4v) is 1.66. The summed E-state index contributed by atoms with van der Waals surface area (Å²) >= 11 is 3.33. The summed E-state index contributed by atoms with van der Waals surface area (Å²) in [5.74, 6) is -0.249. The predicted octanol–water partition coefficient (Wildman–Crippen LogP) is 1.86. The molecule has 1 aromatic carbocycles. The van der Waals surface area contributed by atoms with Crippen LogP contribution in [0, 0.1) is 0 Å². The van der Waals surface area contributed by atoms with Crippen LogP contribution in [-0.4, -0.2) is 31.3 Å².